The monoisotopic (exact) mass is 381 g/mol. The second-order valence-corrected chi connectivity index (χ2v) is 8.15. The Hall–Kier alpha value is -2.67. The van der Waals surface area contributed by atoms with Crippen LogP contribution in [0.4, 0.5) is 5.69 Å². The summed E-state index contributed by atoms with van der Waals surface area (Å²) in [5.41, 5.74) is 2.89. The van der Waals surface area contributed by atoms with Crippen molar-refractivity contribution in [2.24, 2.45) is 0 Å². The van der Waals surface area contributed by atoms with E-state index in [0.29, 0.717) is 23.7 Å². The van der Waals surface area contributed by atoms with Gasteiger partial charge in [0.15, 0.2) is 11.5 Å². The highest BCUT2D eigenvalue weighted by atomic mass is 32.1. The van der Waals surface area contributed by atoms with Crippen LogP contribution in [0.3, 0.4) is 0 Å². The van der Waals surface area contributed by atoms with Gasteiger partial charge in [-0.25, -0.2) is 4.98 Å². The smallest absolute Gasteiger partial charge is 0.255 e. The van der Waals surface area contributed by atoms with Crippen LogP contribution >= 0.6 is 11.3 Å². The van der Waals surface area contributed by atoms with Crippen molar-refractivity contribution in [3.05, 3.63) is 46.0 Å². The Morgan fingerprint density at radius 1 is 1.33 bits per heavy atom. The second-order valence-electron chi connectivity index (χ2n) is 7.14. The summed E-state index contributed by atoms with van der Waals surface area (Å²) in [5.74, 6) is 0.976. The molecule has 3 aromatic rings. The number of aromatic nitrogens is 1. The molecule has 2 aromatic heterocycles. The second kappa shape index (κ2) is 6.49. The molecule has 1 aromatic carbocycles. The van der Waals surface area contributed by atoms with Gasteiger partial charge >= 0.3 is 0 Å². The van der Waals surface area contributed by atoms with Crippen molar-refractivity contribution in [3.8, 4) is 0 Å². The molecule has 2 amide bonds. The van der Waals surface area contributed by atoms with Crippen LogP contribution < -0.4 is 5.32 Å². The van der Waals surface area contributed by atoms with Crippen LogP contribution in [0.5, 0.6) is 0 Å². The summed E-state index contributed by atoms with van der Waals surface area (Å²) in [7, 11) is 0. The van der Waals surface area contributed by atoms with Gasteiger partial charge < -0.3 is 14.6 Å². The molecule has 2 aliphatic rings. The van der Waals surface area contributed by atoms with E-state index in [1.807, 2.05) is 23.6 Å². The van der Waals surface area contributed by atoms with Gasteiger partial charge in [-0.3, -0.25) is 9.59 Å². The Labute approximate surface area is 160 Å². The van der Waals surface area contributed by atoms with Crippen molar-refractivity contribution in [2.75, 3.05) is 18.4 Å². The number of carbonyl (C=O) groups is 2. The zero-order valence-electron chi connectivity index (χ0n) is 14.7. The maximum absolute atomic E-state index is 12.7. The topological polar surface area (TPSA) is 75.4 Å². The van der Waals surface area contributed by atoms with Crippen LogP contribution in [0.15, 0.2) is 34.1 Å². The average molecular weight is 381 g/mol. The molecule has 0 atom stereocenters. The molecule has 0 unspecified atom stereocenters. The third-order valence-electron chi connectivity index (χ3n) is 5.04. The molecular formula is C20H19N3O3S. The van der Waals surface area contributed by atoms with Crippen molar-refractivity contribution in [1.82, 2.24) is 9.88 Å². The molecule has 1 aliphatic heterocycles. The van der Waals surface area contributed by atoms with Gasteiger partial charge in [-0.05, 0) is 49.3 Å². The van der Waals surface area contributed by atoms with Crippen molar-refractivity contribution in [1.29, 1.82) is 0 Å². The molecule has 7 heteroatoms. The maximum Gasteiger partial charge on any atom is 0.255 e. The Bertz CT molecular complexity index is 1030. The first-order valence-corrected chi connectivity index (χ1v) is 10.1. The minimum absolute atomic E-state index is 0.0515. The third-order valence-corrected chi connectivity index (χ3v) is 6.03. The zero-order chi connectivity index (χ0) is 18.4. The first-order chi connectivity index (χ1) is 13.2. The molecule has 1 aliphatic carbocycles. The van der Waals surface area contributed by atoms with Crippen molar-refractivity contribution >= 4 is 39.9 Å². The fourth-order valence-electron chi connectivity index (χ4n) is 3.48. The lowest BCUT2D eigenvalue weighted by molar-refractivity contribution is -0.116. The van der Waals surface area contributed by atoms with E-state index in [9.17, 15) is 9.59 Å². The molecule has 1 fully saturated rings. The molecule has 1 N–H and O–H groups in total. The summed E-state index contributed by atoms with van der Waals surface area (Å²) in [4.78, 5) is 32.4. The summed E-state index contributed by atoms with van der Waals surface area (Å²) in [6, 6.07) is 7.33. The largest absolute Gasteiger partial charge is 0.440 e. The molecule has 0 bridgehead atoms. The molecule has 138 valence electrons. The number of hydrogen-bond donors (Lipinski definition) is 1. The number of carbonyl (C=O) groups excluding carboxylic acids is 2. The van der Waals surface area contributed by atoms with Gasteiger partial charge in [0.1, 0.15) is 12.1 Å². The molecule has 6 nitrogen and oxygen atoms in total. The van der Waals surface area contributed by atoms with Gasteiger partial charge in [0.25, 0.3) is 5.91 Å². The van der Waals surface area contributed by atoms with Crippen LogP contribution in [0.25, 0.3) is 11.1 Å². The maximum atomic E-state index is 12.7. The standard InChI is InChI=1S/C20H19N3O3S/c24-18(11-23-8-1-2-17-14(20(23)25)7-9-27-17)21-13-5-6-15-16(10-13)26-19(22-15)12-3-4-12/h5-7,9-10,12H,1-4,8,11H2,(H,21,24). The number of aryl methyl sites for hydroxylation is 1. The van der Waals surface area contributed by atoms with Gasteiger partial charge in [-0.2, -0.15) is 0 Å². The molecule has 3 heterocycles. The molecule has 1 saturated carbocycles. The van der Waals surface area contributed by atoms with Gasteiger partial charge in [-0.15, -0.1) is 11.3 Å². The fraction of sp³-hybridized carbons (Fsp3) is 0.350. The van der Waals surface area contributed by atoms with Crippen LogP contribution in [0.1, 0.15) is 46.3 Å². The van der Waals surface area contributed by atoms with Gasteiger partial charge in [-0.1, -0.05) is 0 Å². The fourth-order valence-corrected chi connectivity index (χ4v) is 4.39. The van der Waals surface area contributed by atoms with Crippen molar-refractivity contribution in [3.63, 3.8) is 0 Å². The minimum Gasteiger partial charge on any atom is -0.440 e. The van der Waals surface area contributed by atoms with Gasteiger partial charge in [0.2, 0.25) is 5.91 Å². The number of oxazole rings is 1. The average Bonchev–Trinajstić information content (AvgIpc) is 3.29. The molecular weight excluding hydrogens is 362 g/mol. The number of rotatable bonds is 4. The van der Waals surface area contributed by atoms with E-state index in [2.05, 4.69) is 10.3 Å². The highest BCUT2D eigenvalue weighted by Gasteiger charge is 2.29. The zero-order valence-corrected chi connectivity index (χ0v) is 15.6. The molecule has 5 rings (SSSR count). The summed E-state index contributed by atoms with van der Waals surface area (Å²) < 4.78 is 5.80. The third kappa shape index (κ3) is 3.23. The number of nitrogens with one attached hydrogen (secondary N) is 1. The van der Waals surface area contributed by atoms with Crippen molar-refractivity contribution < 1.29 is 14.0 Å². The lowest BCUT2D eigenvalue weighted by atomic mass is 10.2. The lowest BCUT2D eigenvalue weighted by Crippen LogP contribution is -2.37. The van der Waals surface area contributed by atoms with Crippen LogP contribution in [0.2, 0.25) is 0 Å². The van der Waals surface area contributed by atoms with Gasteiger partial charge in [0.05, 0.1) is 5.56 Å². The summed E-state index contributed by atoms with van der Waals surface area (Å²) in [6.07, 6.45) is 4.03. The van der Waals surface area contributed by atoms with E-state index in [4.69, 9.17) is 4.42 Å². The van der Waals surface area contributed by atoms with Crippen molar-refractivity contribution in [2.45, 2.75) is 31.6 Å². The van der Waals surface area contributed by atoms with Crippen LogP contribution in [-0.2, 0) is 11.2 Å². The highest BCUT2D eigenvalue weighted by molar-refractivity contribution is 7.10. The van der Waals surface area contributed by atoms with E-state index >= 15 is 0 Å². The van der Waals surface area contributed by atoms with E-state index in [0.717, 1.165) is 47.5 Å². The Balaban J connectivity index is 1.29. The Morgan fingerprint density at radius 2 is 2.22 bits per heavy atom. The normalized spacial score (nSPS) is 17.0. The van der Waals surface area contributed by atoms with Crippen LogP contribution in [-0.4, -0.2) is 34.8 Å². The van der Waals surface area contributed by atoms with E-state index in [-0.39, 0.29) is 18.4 Å². The molecule has 0 saturated heterocycles. The number of amides is 2. The predicted molar refractivity (Wildman–Crippen MR) is 103 cm³/mol. The molecule has 27 heavy (non-hydrogen) atoms. The first-order valence-electron chi connectivity index (χ1n) is 9.23. The van der Waals surface area contributed by atoms with Crippen LogP contribution in [0, 0.1) is 0 Å². The van der Waals surface area contributed by atoms with Gasteiger partial charge in [0, 0.05) is 29.1 Å². The summed E-state index contributed by atoms with van der Waals surface area (Å²) in [5, 5.41) is 4.82. The number of nitrogens with zero attached hydrogens (tertiary/aromatic N) is 2. The molecule has 0 spiro atoms. The summed E-state index contributed by atoms with van der Waals surface area (Å²) >= 11 is 1.61. The summed E-state index contributed by atoms with van der Waals surface area (Å²) in [6.45, 7) is 0.648. The Morgan fingerprint density at radius 3 is 3.07 bits per heavy atom. The number of fused-ring (bicyclic) bond motifs is 2. The van der Waals surface area contributed by atoms with E-state index in [1.54, 1.807) is 22.3 Å². The lowest BCUT2D eigenvalue weighted by Gasteiger charge is -2.20. The quantitative estimate of drug-likeness (QED) is 0.746. The SMILES string of the molecule is O=C(CN1CCCc2sccc2C1=O)Nc1ccc2nc(C3CC3)oc2c1. The number of hydrogen-bond acceptors (Lipinski definition) is 5. The predicted octanol–water partition coefficient (Wildman–Crippen LogP) is 3.79. The molecule has 0 radical (unpaired) electrons. The number of thiophene rings is 1. The highest BCUT2D eigenvalue weighted by Crippen LogP contribution is 2.40. The number of anilines is 1. The minimum atomic E-state index is -0.205. The van der Waals surface area contributed by atoms with E-state index < -0.39 is 0 Å². The van der Waals surface area contributed by atoms with E-state index in [1.165, 1.54) is 0 Å². The number of benzene rings is 1. The Kier molecular flexibility index (Phi) is 3.97. The first kappa shape index (κ1) is 16.5.